The number of aromatic nitrogens is 2. The summed E-state index contributed by atoms with van der Waals surface area (Å²) < 4.78 is 13.4. The van der Waals surface area contributed by atoms with Crippen LogP contribution in [-0.2, 0) is 0 Å². The minimum atomic E-state index is -1.10. The highest BCUT2D eigenvalue weighted by atomic mass is 19.1. The highest BCUT2D eigenvalue weighted by Gasteiger charge is 2.45. The van der Waals surface area contributed by atoms with Gasteiger partial charge in [0.1, 0.15) is 12.0 Å². The van der Waals surface area contributed by atoms with Crippen LogP contribution in [0.3, 0.4) is 0 Å². The van der Waals surface area contributed by atoms with Crippen molar-refractivity contribution in [2.24, 2.45) is 0 Å². The molecular formula is C10H10FN3. The van der Waals surface area contributed by atoms with Crippen molar-refractivity contribution in [2.45, 2.75) is 30.8 Å². The summed E-state index contributed by atoms with van der Waals surface area (Å²) in [5.74, 6) is -0.413. The second-order valence-electron chi connectivity index (χ2n) is 3.71. The second kappa shape index (κ2) is 3.33. The lowest BCUT2D eigenvalue weighted by molar-refractivity contribution is 0.282. The van der Waals surface area contributed by atoms with E-state index in [1.165, 1.54) is 6.33 Å². The van der Waals surface area contributed by atoms with Crippen molar-refractivity contribution in [1.82, 2.24) is 9.97 Å². The Kier molecular flexibility index (Phi) is 2.16. The molecule has 1 aliphatic rings. The van der Waals surface area contributed by atoms with Gasteiger partial charge in [0.05, 0.1) is 12.0 Å². The molecule has 4 heteroatoms. The van der Waals surface area contributed by atoms with E-state index in [4.69, 9.17) is 5.26 Å². The van der Waals surface area contributed by atoms with E-state index in [2.05, 4.69) is 16.0 Å². The smallest absolute Gasteiger partial charge is 0.115 e. The first kappa shape index (κ1) is 9.07. The molecule has 0 aliphatic heterocycles. The van der Waals surface area contributed by atoms with Crippen LogP contribution in [0.25, 0.3) is 0 Å². The molecule has 0 aromatic carbocycles. The Balaban J connectivity index is 2.11. The topological polar surface area (TPSA) is 49.6 Å². The summed E-state index contributed by atoms with van der Waals surface area (Å²) in [6, 6.07) is 2.09. The SMILES string of the molecule is N#CC(CC1(F)CC1)c1cncnc1. The summed E-state index contributed by atoms with van der Waals surface area (Å²) in [5, 5.41) is 8.90. The van der Waals surface area contributed by atoms with Gasteiger partial charge in [-0.2, -0.15) is 5.26 Å². The summed E-state index contributed by atoms with van der Waals surface area (Å²) in [6.07, 6.45) is 5.99. The summed E-state index contributed by atoms with van der Waals surface area (Å²) >= 11 is 0. The fourth-order valence-corrected chi connectivity index (χ4v) is 1.43. The Morgan fingerprint density at radius 2 is 2.14 bits per heavy atom. The number of alkyl halides is 1. The third kappa shape index (κ3) is 1.87. The van der Waals surface area contributed by atoms with Crippen LogP contribution in [0.4, 0.5) is 4.39 Å². The lowest BCUT2D eigenvalue weighted by atomic mass is 9.96. The zero-order valence-corrected chi connectivity index (χ0v) is 7.65. The number of hydrogen-bond acceptors (Lipinski definition) is 3. The van der Waals surface area contributed by atoms with Gasteiger partial charge < -0.3 is 0 Å². The molecule has 1 aromatic heterocycles. The normalized spacial score (nSPS) is 19.7. The third-order valence-corrected chi connectivity index (χ3v) is 2.50. The van der Waals surface area contributed by atoms with Crippen LogP contribution >= 0.6 is 0 Å². The van der Waals surface area contributed by atoms with Crippen LogP contribution in [0.5, 0.6) is 0 Å². The molecule has 1 aliphatic carbocycles. The van der Waals surface area contributed by atoms with Gasteiger partial charge in [-0.25, -0.2) is 14.4 Å². The Morgan fingerprint density at radius 1 is 1.50 bits per heavy atom. The van der Waals surface area contributed by atoms with Crippen LogP contribution in [0.15, 0.2) is 18.7 Å². The molecule has 1 aromatic rings. The molecule has 0 amide bonds. The molecule has 0 bridgehead atoms. The van der Waals surface area contributed by atoms with Gasteiger partial charge in [-0.05, 0) is 12.8 Å². The molecule has 3 nitrogen and oxygen atoms in total. The highest BCUT2D eigenvalue weighted by molar-refractivity contribution is 5.20. The first-order valence-electron chi connectivity index (χ1n) is 4.57. The zero-order chi connectivity index (χ0) is 10.0. The fraction of sp³-hybridized carbons (Fsp3) is 0.500. The van der Waals surface area contributed by atoms with Crippen molar-refractivity contribution >= 4 is 0 Å². The summed E-state index contributed by atoms with van der Waals surface area (Å²) in [4.78, 5) is 7.64. The Morgan fingerprint density at radius 3 is 2.64 bits per heavy atom. The van der Waals surface area contributed by atoms with E-state index < -0.39 is 11.6 Å². The molecular weight excluding hydrogens is 181 g/mol. The minimum Gasteiger partial charge on any atom is -0.244 e. The largest absolute Gasteiger partial charge is 0.244 e. The predicted octanol–water partition coefficient (Wildman–Crippen LogP) is 1.98. The molecule has 0 saturated heterocycles. The average molecular weight is 191 g/mol. The molecule has 1 fully saturated rings. The van der Waals surface area contributed by atoms with E-state index in [-0.39, 0.29) is 6.42 Å². The lowest BCUT2D eigenvalue weighted by Crippen LogP contribution is -2.07. The van der Waals surface area contributed by atoms with E-state index in [9.17, 15) is 4.39 Å². The molecule has 1 heterocycles. The van der Waals surface area contributed by atoms with Crippen LogP contribution in [0, 0.1) is 11.3 Å². The average Bonchev–Trinajstić information content (AvgIpc) is 2.95. The van der Waals surface area contributed by atoms with Crippen LogP contribution < -0.4 is 0 Å². The van der Waals surface area contributed by atoms with Crippen molar-refractivity contribution in [3.8, 4) is 6.07 Å². The van der Waals surface area contributed by atoms with E-state index in [0.717, 1.165) is 0 Å². The fourth-order valence-electron chi connectivity index (χ4n) is 1.43. The van der Waals surface area contributed by atoms with Gasteiger partial charge in [-0.3, -0.25) is 0 Å². The molecule has 1 saturated carbocycles. The molecule has 0 N–H and O–H groups in total. The van der Waals surface area contributed by atoms with Crippen molar-refractivity contribution in [3.05, 3.63) is 24.3 Å². The number of halogens is 1. The van der Waals surface area contributed by atoms with Crippen LogP contribution in [-0.4, -0.2) is 15.6 Å². The van der Waals surface area contributed by atoms with Crippen molar-refractivity contribution in [2.75, 3.05) is 0 Å². The summed E-state index contributed by atoms with van der Waals surface area (Å²) in [7, 11) is 0. The van der Waals surface area contributed by atoms with Gasteiger partial charge >= 0.3 is 0 Å². The monoisotopic (exact) mass is 191 g/mol. The van der Waals surface area contributed by atoms with Crippen molar-refractivity contribution in [1.29, 1.82) is 5.26 Å². The van der Waals surface area contributed by atoms with Gasteiger partial charge in [0.2, 0.25) is 0 Å². The number of rotatable bonds is 3. The molecule has 0 spiro atoms. The first-order valence-corrected chi connectivity index (χ1v) is 4.57. The molecule has 0 radical (unpaired) electrons. The van der Waals surface area contributed by atoms with Gasteiger partial charge in [-0.15, -0.1) is 0 Å². The molecule has 1 unspecified atom stereocenters. The van der Waals surface area contributed by atoms with Crippen LogP contribution in [0.1, 0.15) is 30.7 Å². The van der Waals surface area contributed by atoms with Crippen molar-refractivity contribution in [3.63, 3.8) is 0 Å². The Hall–Kier alpha value is -1.50. The third-order valence-electron chi connectivity index (χ3n) is 2.50. The number of nitrogens with zero attached hydrogens (tertiary/aromatic N) is 3. The first-order chi connectivity index (χ1) is 6.73. The molecule has 1 atom stereocenters. The zero-order valence-electron chi connectivity index (χ0n) is 7.65. The van der Waals surface area contributed by atoms with E-state index >= 15 is 0 Å². The van der Waals surface area contributed by atoms with Gasteiger partial charge in [0.25, 0.3) is 0 Å². The number of hydrogen-bond donors (Lipinski definition) is 0. The Labute approximate surface area is 81.6 Å². The Bertz CT molecular complexity index is 353. The van der Waals surface area contributed by atoms with E-state index in [0.29, 0.717) is 18.4 Å². The molecule has 14 heavy (non-hydrogen) atoms. The maximum atomic E-state index is 13.4. The second-order valence-corrected chi connectivity index (χ2v) is 3.71. The van der Waals surface area contributed by atoms with Gasteiger partial charge in [-0.1, -0.05) is 0 Å². The van der Waals surface area contributed by atoms with Crippen LogP contribution in [0.2, 0.25) is 0 Å². The maximum Gasteiger partial charge on any atom is 0.115 e. The van der Waals surface area contributed by atoms with E-state index in [1.54, 1.807) is 12.4 Å². The predicted molar refractivity (Wildman–Crippen MR) is 48.1 cm³/mol. The highest BCUT2D eigenvalue weighted by Crippen LogP contribution is 2.46. The van der Waals surface area contributed by atoms with Gasteiger partial charge in [0, 0.05) is 24.4 Å². The van der Waals surface area contributed by atoms with E-state index in [1.807, 2.05) is 0 Å². The van der Waals surface area contributed by atoms with Gasteiger partial charge in [0.15, 0.2) is 0 Å². The summed E-state index contributed by atoms with van der Waals surface area (Å²) in [6.45, 7) is 0. The quantitative estimate of drug-likeness (QED) is 0.733. The molecule has 72 valence electrons. The maximum absolute atomic E-state index is 13.4. The lowest BCUT2D eigenvalue weighted by Gasteiger charge is -2.10. The van der Waals surface area contributed by atoms with Crippen molar-refractivity contribution < 1.29 is 4.39 Å². The summed E-state index contributed by atoms with van der Waals surface area (Å²) in [5.41, 5.74) is -0.394. The molecule has 2 rings (SSSR count). The number of nitriles is 1. The minimum absolute atomic E-state index is 0.275. The standard InChI is InChI=1S/C10H10FN3/c11-10(1-2-10)3-8(4-12)9-5-13-7-14-6-9/h5-8H,1-3H2.